The van der Waals surface area contributed by atoms with Crippen molar-refractivity contribution in [2.45, 2.75) is 110 Å². The lowest BCUT2D eigenvalue weighted by Gasteiger charge is -2.30. The van der Waals surface area contributed by atoms with Crippen molar-refractivity contribution in [1.29, 1.82) is 0 Å². The molecule has 20 heavy (non-hydrogen) atoms. The van der Waals surface area contributed by atoms with Gasteiger partial charge in [0.15, 0.2) is 0 Å². The van der Waals surface area contributed by atoms with E-state index in [0.29, 0.717) is 11.3 Å². The lowest BCUT2D eigenvalue weighted by Crippen LogP contribution is -2.20. The standard InChI is InChI=1S/C19H37F/c1-4-6-8-10-12-14-19(3,17-16-18(17)20)15-13-11-9-7-5-2/h17-18H,4-16H2,1-3H3. The Morgan fingerprint density at radius 2 is 1.20 bits per heavy atom. The number of alkyl halides is 1. The highest BCUT2D eigenvalue weighted by molar-refractivity contribution is 4.98. The van der Waals surface area contributed by atoms with E-state index in [2.05, 4.69) is 20.8 Å². The lowest BCUT2D eigenvalue weighted by molar-refractivity contribution is 0.188. The average molecular weight is 285 g/mol. The van der Waals surface area contributed by atoms with E-state index in [1.54, 1.807) is 0 Å². The fraction of sp³-hybridized carbons (Fsp3) is 1.00. The van der Waals surface area contributed by atoms with Crippen molar-refractivity contribution in [3.8, 4) is 0 Å². The maximum absolute atomic E-state index is 13.5. The molecule has 0 aromatic heterocycles. The van der Waals surface area contributed by atoms with Gasteiger partial charge in [0.05, 0.1) is 0 Å². The number of halogens is 1. The Hall–Kier alpha value is -0.0700. The third-order valence-electron chi connectivity index (χ3n) is 5.31. The molecule has 1 aliphatic carbocycles. The maximum Gasteiger partial charge on any atom is 0.104 e. The molecule has 0 aromatic carbocycles. The maximum atomic E-state index is 13.5. The van der Waals surface area contributed by atoms with Gasteiger partial charge in [0, 0.05) is 0 Å². The number of unbranched alkanes of at least 4 members (excludes halogenated alkanes) is 8. The summed E-state index contributed by atoms with van der Waals surface area (Å²) >= 11 is 0. The first kappa shape index (κ1) is 18.0. The summed E-state index contributed by atoms with van der Waals surface area (Å²) in [6, 6.07) is 0. The third-order valence-corrected chi connectivity index (χ3v) is 5.31. The summed E-state index contributed by atoms with van der Waals surface area (Å²) in [5, 5.41) is 0. The van der Waals surface area contributed by atoms with Crippen LogP contribution in [0.5, 0.6) is 0 Å². The molecule has 0 spiro atoms. The lowest BCUT2D eigenvalue weighted by atomic mass is 9.75. The van der Waals surface area contributed by atoms with Gasteiger partial charge in [0.2, 0.25) is 0 Å². The second-order valence-corrected chi connectivity index (χ2v) is 7.34. The average Bonchev–Trinajstić information content (AvgIpc) is 3.16. The van der Waals surface area contributed by atoms with Crippen molar-refractivity contribution in [1.82, 2.24) is 0 Å². The minimum Gasteiger partial charge on any atom is -0.247 e. The molecule has 0 amide bonds. The summed E-state index contributed by atoms with van der Waals surface area (Å²) in [7, 11) is 0. The molecule has 1 heteroatoms. The Morgan fingerprint density at radius 3 is 1.55 bits per heavy atom. The molecule has 0 saturated heterocycles. The zero-order valence-corrected chi connectivity index (χ0v) is 14.2. The summed E-state index contributed by atoms with van der Waals surface area (Å²) < 4.78 is 13.5. The van der Waals surface area contributed by atoms with Crippen LogP contribution in [-0.2, 0) is 0 Å². The second-order valence-electron chi connectivity index (χ2n) is 7.34. The van der Waals surface area contributed by atoms with E-state index in [1.165, 1.54) is 77.0 Å². The van der Waals surface area contributed by atoms with Crippen molar-refractivity contribution in [2.24, 2.45) is 11.3 Å². The number of hydrogen-bond donors (Lipinski definition) is 0. The topological polar surface area (TPSA) is 0 Å². The Labute approximate surface area is 126 Å². The van der Waals surface area contributed by atoms with Gasteiger partial charge in [-0.25, -0.2) is 4.39 Å². The molecule has 0 heterocycles. The predicted molar refractivity (Wildman–Crippen MR) is 87.9 cm³/mol. The molecule has 0 nitrogen and oxygen atoms in total. The minimum absolute atomic E-state index is 0.303. The van der Waals surface area contributed by atoms with Gasteiger partial charge in [-0.1, -0.05) is 85.0 Å². The minimum atomic E-state index is -0.480. The van der Waals surface area contributed by atoms with Crippen LogP contribution in [0.2, 0.25) is 0 Å². The van der Waals surface area contributed by atoms with Crippen LogP contribution >= 0.6 is 0 Å². The third kappa shape index (κ3) is 6.59. The van der Waals surface area contributed by atoms with Crippen LogP contribution in [0.4, 0.5) is 4.39 Å². The van der Waals surface area contributed by atoms with Crippen LogP contribution in [-0.4, -0.2) is 6.17 Å². The normalized spacial score (nSPS) is 22.2. The van der Waals surface area contributed by atoms with Crippen LogP contribution in [0.3, 0.4) is 0 Å². The first-order chi connectivity index (χ1) is 9.64. The van der Waals surface area contributed by atoms with Gasteiger partial charge in [-0.2, -0.15) is 0 Å². The molecule has 1 rings (SSSR count). The van der Waals surface area contributed by atoms with E-state index >= 15 is 0 Å². The van der Waals surface area contributed by atoms with Gasteiger partial charge >= 0.3 is 0 Å². The quantitative estimate of drug-likeness (QED) is 0.317. The van der Waals surface area contributed by atoms with Gasteiger partial charge in [-0.3, -0.25) is 0 Å². The highest BCUT2D eigenvalue weighted by Crippen LogP contribution is 2.53. The molecule has 0 radical (unpaired) electrons. The Kier molecular flexibility index (Phi) is 8.80. The monoisotopic (exact) mass is 284 g/mol. The van der Waals surface area contributed by atoms with Crippen molar-refractivity contribution >= 4 is 0 Å². The summed E-state index contributed by atoms with van der Waals surface area (Å²) in [6.07, 6.45) is 16.3. The highest BCUT2D eigenvalue weighted by atomic mass is 19.1. The molecule has 120 valence electrons. The van der Waals surface area contributed by atoms with E-state index < -0.39 is 6.17 Å². The molecule has 2 unspecified atom stereocenters. The molecule has 0 aliphatic heterocycles. The van der Waals surface area contributed by atoms with Crippen LogP contribution in [0, 0.1) is 11.3 Å². The van der Waals surface area contributed by atoms with E-state index in [4.69, 9.17) is 0 Å². The summed E-state index contributed by atoms with van der Waals surface area (Å²) in [6.45, 7) is 6.90. The molecule has 0 N–H and O–H groups in total. The highest BCUT2D eigenvalue weighted by Gasteiger charge is 2.49. The van der Waals surface area contributed by atoms with Gasteiger partial charge in [-0.05, 0) is 30.6 Å². The molecule has 1 saturated carbocycles. The summed E-state index contributed by atoms with van der Waals surface area (Å²) in [5.74, 6) is 0.389. The van der Waals surface area contributed by atoms with Crippen molar-refractivity contribution in [3.05, 3.63) is 0 Å². The second kappa shape index (κ2) is 9.79. The van der Waals surface area contributed by atoms with Crippen LogP contribution < -0.4 is 0 Å². The SMILES string of the molecule is CCCCCCCC(C)(CCCCCCC)C1CC1F. The van der Waals surface area contributed by atoms with Gasteiger partial charge in [0.1, 0.15) is 6.17 Å². The Bertz CT molecular complexity index is 222. The molecule has 1 fully saturated rings. The van der Waals surface area contributed by atoms with Gasteiger partial charge in [-0.15, -0.1) is 0 Å². The summed E-state index contributed by atoms with van der Waals surface area (Å²) in [4.78, 5) is 0. The number of hydrogen-bond acceptors (Lipinski definition) is 0. The smallest absolute Gasteiger partial charge is 0.104 e. The zero-order valence-electron chi connectivity index (χ0n) is 14.2. The Morgan fingerprint density at radius 1 is 0.800 bits per heavy atom. The largest absolute Gasteiger partial charge is 0.247 e. The molecular formula is C19H37F. The molecule has 1 aliphatic rings. The van der Waals surface area contributed by atoms with E-state index in [0.717, 1.165) is 6.42 Å². The van der Waals surface area contributed by atoms with E-state index in [1.807, 2.05) is 0 Å². The number of rotatable bonds is 13. The molecule has 0 aromatic rings. The van der Waals surface area contributed by atoms with Gasteiger partial charge in [0.25, 0.3) is 0 Å². The molecule has 0 bridgehead atoms. The van der Waals surface area contributed by atoms with E-state index in [9.17, 15) is 4.39 Å². The zero-order chi connectivity index (χ0) is 14.8. The van der Waals surface area contributed by atoms with E-state index in [-0.39, 0.29) is 0 Å². The molecule has 2 atom stereocenters. The van der Waals surface area contributed by atoms with Crippen molar-refractivity contribution < 1.29 is 4.39 Å². The summed E-state index contributed by atoms with van der Waals surface area (Å²) in [5.41, 5.74) is 0.303. The fourth-order valence-corrected chi connectivity index (χ4v) is 3.65. The Balaban J connectivity index is 2.22. The first-order valence-corrected chi connectivity index (χ1v) is 9.28. The predicted octanol–water partition coefficient (Wildman–Crippen LogP) is 7.07. The fourth-order valence-electron chi connectivity index (χ4n) is 3.65. The van der Waals surface area contributed by atoms with Gasteiger partial charge < -0.3 is 0 Å². The van der Waals surface area contributed by atoms with Crippen LogP contribution in [0.1, 0.15) is 104 Å². The van der Waals surface area contributed by atoms with Crippen molar-refractivity contribution in [3.63, 3.8) is 0 Å². The molecular weight excluding hydrogens is 247 g/mol. The first-order valence-electron chi connectivity index (χ1n) is 9.28. The van der Waals surface area contributed by atoms with Crippen LogP contribution in [0.15, 0.2) is 0 Å². The van der Waals surface area contributed by atoms with Crippen molar-refractivity contribution in [2.75, 3.05) is 0 Å². The van der Waals surface area contributed by atoms with Crippen LogP contribution in [0.25, 0.3) is 0 Å².